The van der Waals surface area contributed by atoms with Crippen LogP contribution in [0, 0.1) is 0 Å². The van der Waals surface area contributed by atoms with Gasteiger partial charge in [0.25, 0.3) is 5.91 Å². The number of piperazine rings is 1. The highest BCUT2D eigenvalue weighted by Gasteiger charge is 2.43. The van der Waals surface area contributed by atoms with Crippen molar-refractivity contribution in [2.45, 2.75) is 6.29 Å². The third-order valence-electron chi connectivity index (χ3n) is 5.31. The molecule has 1 saturated heterocycles. The molecule has 0 aliphatic carbocycles. The number of alkyl halides is 2. The molecule has 2 aliphatic rings. The van der Waals surface area contributed by atoms with Crippen LogP contribution in [0.3, 0.4) is 0 Å². The van der Waals surface area contributed by atoms with Crippen molar-refractivity contribution in [3.05, 3.63) is 53.9 Å². The Kier molecular flexibility index (Phi) is 5.97. The van der Waals surface area contributed by atoms with E-state index < -0.39 is 13.4 Å². The Morgan fingerprint density at radius 1 is 1.03 bits per heavy atom. The number of aromatic nitrogens is 1. The van der Waals surface area contributed by atoms with Crippen molar-refractivity contribution < 1.29 is 32.4 Å². The lowest BCUT2D eigenvalue weighted by Crippen LogP contribution is -2.50. The number of carbonyl (C=O) groups excluding carboxylic acids is 2. The largest absolute Gasteiger partial charge is 0.586 e. The van der Waals surface area contributed by atoms with E-state index in [1.165, 1.54) is 42.7 Å². The first kappa shape index (κ1) is 22.9. The fourth-order valence-corrected chi connectivity index (χ4v) is 4.29. The normalized spacial score (nSPS) is 17.5. The Morgan fingerprint density at radius 2 is 1.70 bits per heavy atom. The number of rotatable bonds is 4. The number of hydrogen-bond donors (Lipinski definition) is 0. The minimum atomic E-state index is -3.69. The Hall–Kier alpha value is -3.26. The Morgan fingerprint density at radius 3 is 2.39 bits per heavy atom. The quantitative estimate of drug-likeness (QED) is 0.497. The van der Waals surface area contributed by atoms with Gasteiger partial charge in [0.05, 0.1) is 5.56 Å². The molecule has 0 saturated carbocycles. The molecule has 8 nitrogen and oxygen atoms in total. The van der Waals surface area contributed by atoms with E-state index in [0.717, 1.165) is 0 Å². The molecule has 174 valence electrons. The molecule has 0 spiro atoms. The van der Waals surface area contributed by atoms with Crippen LogP contribution < -0.4 is 14.8 Å². The highest BCUT2D eigenvalue weighted by atomic mass is 31.2. The van der Waals surface area contributed by atoms with Gasteiger partial charge in [-0.2, -0.15) is 0 Å². The van der Waals surface area contributed by atoms with E-state index in [2.05, 4.69) is 14.5 Å². The van der Waals surface area contributed by atoms with E-state index in [4.69, 9.17) is 0 Å². The second-order valence-electron chi connectivity index (χ2n) is 8.11. The number of amides is 2. The molecule has 1 aromatic carbocycles. The third kappa shape index (κ3) is 5.22. The topological polar surface area (TPSA) is 89.0 Å². The molecular weight excluding hydrogens is 455 g/mol. The monoisotopic (exact) mass is 477 g/mol. The Labute approximate surface area is 189 Å². The smallest absolute Gasteiger partial charge is 0.395 e. The molecule has 2 aliphatic heterocycles. The molecule has 11 heteroatoms. The van der Waals surface area contributed by atoms with Crippen LogP contribution in [0.4, 0.5) is 8.78 Å². The van der Waals surface area contributed by atoms with Crippen LogP contribution in [0.15, 0.2) is 42.7 Å². The van der Waals surface area contributed by atoms with Crippen LogP contribution in [0.1, 0.15) is 15.9 Å². The number of halogens is 2. The first-order valence-electron chi connectivity index (χ1n) is 10.2. The van der Waals surface area contributed by atoms with Gasteiger partial charge in [-0.25, -0.2) is 0 Å². The molecule has 1 aromatic heterocycles. The lowest BCUT2D eigenvalue weighted by molar-refractivity contribution is -0.286. The fraction of sp³-hybridized carbons (Fsp3) is 0.318. The maximum absolute atomic E-state index is 13.1. The summed E-state index contributed by atoms with van der Waals surface area (Å²) in [6, 6.07) is 5.87. The zero-order valence-corrected chi connectivity index (χ0v) is 18.9. The van der Waals surface area contributed by atoms with Gasteiger partial charge in [0.2, 0.25) is 5.91 Å². The molecule has 33 heavy (non-hydrogen) atoms. The first-order valence-corrected chi connectivity index (χ1v) is 12.8. The zero-order valence-electron chi connectivity index (χ0n) is 18.0. The number of benzene rings is 1. The molecule has 0 atom stereocenters. The summed E-state index contributed by atoms with van der Waals surface area (Å²) in [4.78, 5) is 32.6. The maximum atomic E-state index is 13.1. The minimum absolute atomic E-state index is 0.0642. The van der Waals surface area contributed by atoms with Gasteiger partial charge in [0.15, 0.2) is 11.5 Å². The molecule has 0 radical (unpaired) electrons. The summed E-state index contributed by atoms with van der Waals surface area (Å²) in [5.74, 6) is -0.641. The van der Waals surface area contributed by atoms with Crippen molar-refractivity contribution >= 4 is 30.3 Å². The summed E-state index contributed by atoms with van der Waals surface area (Å²) >= 11 is 0. The van der Waals surface area contributed by atoms with Gasteiger partial charge in [-0.15, -0.1) is 8.78 Å². The number of ether oxygens (including phenoxy) is 2. The van der Waals surface area contributed by atoms with Gasteiger partial charge in [-0.3, -0.25) is 14.6 Å². The number of pyridine rings is 1. The Balaban J connectivity index is 1.34. The van der Waals surface area contributed by atoms with E-state index in [1.807, 2.05) is 0 Å². The highest BCUT2D eigenvalue weighted by Crippen LogP contribution is 2.41. The first-order chi connectivity index (χ1) is 15.5. The summed E-state index contributed by atoms with van der Waals surface area (Å²) in [7, 11) is -2.54. The van der Waals surface area contributed by atoms with Gasteiger partial charge >= 0.3 is 6.29 Å². The summed E-state index contributed by atoms with van der Waals surface area (Å²) in [5, 5.41) is 0.541. The van der Waals surface area contributed by atoms with Crippen molar-refractivity contribution in [2.24, 2.45) is 0 Å². The highest BCUT2D eigenvalue weighted by molar-refractivity contribution is 7.70. The van der Waals surface area contributed by atoms with Gasteiger partial charge < -0.3 is 23.8 Å². The number of nitrogens with zero attached hydrogens (tertiary/aromatic N) is 3. The third-order valence-corrected chi connectivity index (χ3v) is 6.80. The number of hydrogen-bond acceptors (Lipinski definition) is 6. The van der Waals surface area contributed by atoms with Gasteiger partial charge in [-0.05, 0) is 43.2 Å². The van der Waals surface area contributed by atoms with Crippen LogP contribution in [0.2, 0.25) is 0 Å². The van der Waals surface area contributed by atoms with Crippen molar-refractivity contribution in [1.82, 2.24) is 14.8 Å². The molecule has 1 fully saturated rings. The predicted octanol–water partition coefficient (Wildman–Crippen LogP) is 2.65. The lowest BCUT2D eigenvalue weighted by atomic mass is 10.2. The molecule has 4 rings (SSSR count). The SMILES string of the molecule is CP(C)(=O)c1cncc(C(=O)N2CCN(C(=O)/C=C/c3ccc4c(c3)OC(F)(F)O4)CC2)c1. The molecule has 0 unspecified atom stereocenters. The lowest BCUT2D eigenvalue weighted by Gasteiger charge is -2.34. The average Bonchev–Trinajstić information content (AvgIpc) is 3.09. The van der Waals surface area contributed by atoms with Crippen LogP contribution in [-0.4, -0.2) is 72.4 Å². The van der Waals surface area contributed by atoms with Crippen molar-refractivity contribution in [3.8, 4) is 11.5 Å². The zero-order chi connectivity index (χ0) is 23.8. The molecule has 0 N–H and O–H groups in total. The number of fused-ring (bicyclic) bond motifs is 1. The van der Waals surface area contributed by atoms with Crippen molar-refractivity contribution in [3.63, 3.8) is 0 Å². The molecule has 2 amide bonds. The average molecular weight is 477 g/mol. The van der Waals surface area contributed by atoms with Crippen molar-refractivity contribution in [1.29, 1.82) is 0 Å². The summed E-state index contributed by atoms with van der Waals surface area (Å²) in [6.07, 6.45) is 2.11. The molecule has 3 heterocycles. The van der Waals surface area contributed by atoms with Crippen molar-refractivity contribution in [2.75, 3.05) is 39.5 Å². The van der Waals surface area contributed by atoms with E-state index in [1.54, 1.807) is 29.2 Å². The minimum Gasteiger partial charge on any atom is -0.395 e. The van der Waals surface area contributed by atoms with Crippen LogP contribution in [-0.2, 0) is 9.36 Å². The summed E-state index contributed by atoms with van der Waals surface area (Å²) in [5.41, 5.74) is 0.873. The standard InChI is InChI=1S/C22H22F2N3O5P/c1-33(2,30)17-12-16(13-25-14-17)21(29)27-9-7-26(8-10-27)20(28)6-4-15-3-5-18-19(11-15)32-22(23,24)31-18/h3-6,11-14H,7-10H2,1-2H3/b6-4+. The molecule has 0 bridgehead atoms. The predicted molar refractivity (Wildman–Crippen MR) is 117 cm³/mol. The van der Waals surface area contributed by atoms with Gasteiger partial charge in [-0.1, -0.05) is 6.07 Å². The second-order valence-corrected chi connectivity index (χ2v) is 11.3. The van der Waals surface area contributed by atoms with Crippen LogP contribution >= 0.6 is 7.14 Å². The number of carbonyl (C=O) groups is 2. The maximum Gasteiger partial charge on any atom is 0.586 e. The van der Waals surface area contributed by atoms with E-state index >= 15 is 0 Å². The van der Waals surface area contributed by atoms with E-state index in [-0.39, 0.29) is 23.3 Å². The van der Waals surface area contributed by atoms with Crippen LogP contribution in [0.5, 0.6) is 11.5 Å². The fourth-order valence-electron chi connectivity index (χ4n) is 3.49. The van der Waals surface area contributed by atoms with E-state index in [9.17, 15) is 22.9 Å². The van der Waals surface area contributed by atoms with Crippen LogP contribution in [0.25, 0.3) is 6.08 Å². The summed E-state index contributed by atoms with van der Waals surface area (Å²) in [6.45, 7) is 4.62. The summed E-state index contributed by atoms with van der Waals surface area (Å²) < 4.78 is 47.3. The van der Waals surface area contributed by atoms with Gasteiger partial charge in [0.1, 0.15) is 7.14 Å². The van der Waals surface area contributed by atoms with Gasteiger partial charge in [0, 0.05) is 50.0 Å². The Bertz CT molecular complexity index is 1170. The molecular formula is C22H22F2N3O5P. The second kappa shape index (κ2) is 8.59. The molecule has 2 aromatic rings. The van der Waals surface area contributed by atoms with E-state index in [0.29, 0.717) is 42.6 Å².